The fourth-order valence-corrected chi connectivity index (χ4v) is 6.20. The summed E-state index contributed by atoms with van der Waals surface area (Å²) in [6, 6.07) is 0. The van der Waals surface area contributed by atoms with Crippen molar-refractivity contribution in [2.75, 3.05) is 35.7 Å². The molecule has 3 heterocycles. The highest BCUT2D eigenvalue weighted by atomic mass is 32.2. The van der Waals surface area contributed by atoms with E-state index in [-0.39, 0.29) is 0 Å². The number of hydrogen-bond donors (Lipinski definition) is 1. The van der Waals surface area contributed by atoms with E-state index >= 15 is 0 Å². The van der Waals surface area contributed by atoms with Crippen LogP contribution in [0, 0.1) is 5.92 Å². The summed E-state index contributed by atoms with van der Waals surface area (Å²) in [6.07, 6.45) is 4.10. The zero-order valence-corrected chi connectivity index (χ0v) is 14.8. The lowest BCUT2D eigenvalue weighted by Crippen LogP contribution is -2.24. The van der Waals surface area contributed by atoms with Crippen LogP contribution < -0.4 is 5.32 Å². The van der Waals surface area contributed by atoms with Crippen LogP contribution in [-0.4, -0.2) is 55.1 Å². The highest BCUT2D eigenvalue weighted by Gasteiger charge is 2.24. The first kappa shape index (κ1) is 16.5. The summed E-state index contributed by atoms with van der Waals surface area (Å²) < 4.78 is 29.3. The molecule has 0 amide bonds. The van der Waals surface area contributed by atoms with E-state index in [2.05, 4.69) is 15.5 Å². The third kappa shape index (κ3) is 4.81. The first-order valence-electron chi connectivity index (χ1n) is 7.63. The number of ether oxygens (including phenoxy) is 1. The minimum atomic E-state index is -2.77. The second kappa shape index (κ2) is 7.46. The Labute approximate surface area is 139 Å². The van der Waals surface area contributed by atoms with E-state index in [0.717, 1.165) is 54.1 Å². The van der Waals surface area contributed by atoms with Gasteiger partial charge in [-0.25, -0.2) is 8.42 Å². The van der Waals surface area contributed by atoms with E-state index in [1.165, 1.54) is 0 Å². The Bertz CT molecular complexity index is 570. The molecular formula is C13H21N3O3S3. The van der Waals surface area contributed by atoms with Gasteiger partial charge in [-0.15, -0.1) is 10.2 Å². The van der Waals surface area contributed by atoms with Crippen molar-refractivity contribution in [3.05, 3.63) is 0 Å². The number of sulfone groups is 1. The fourth-order valence-electron chi connectivity index (χ4n) is 2.64. The van der Waals surface area contributed by atoms with Crippen LogP contribution in [0.15, 0.2) is 4.34 Å². The Kier molecular flexibility index (Phi) is 5.59. The van der Waals surface area contributed by atoms with Crippen LogP contribution in [0.5, 0.6) is 0 Å². The molecule has 124 valence electrons. The van der Waals surface area contributed by atoms with Gasteiger partial charge >= 0.3 is 0 Å². The van der Waals surface area contributed by atoms with Gasteiger partial charge in [-0.1, -0.05) is 23.1 Å². The average molecular weight is 364 g/mol. The van der Waals surface area contributed by atoms with Crippen molar-refractivity contribution >= 4 is 38.1 Å². The molecule has 0 radical (unpaired) electrons. The SMILES string of the molecule is O=S1(=O)CCC(CSc2nnc(NC[C@@H]3CCCO3)s2)CC1. The van der Waals surface area contributed by atoms with Gasteiger partial charge in [0.2, 0.25) is 5.13 Å². The molecule has 9 heteroatoms. The Morgan fingerprint density at radius 3 is 2.82 bits per heavy atom. The van der Waals surface area contributed by atoms with E-state index in [1.807, 2.05) is 0 Å². The summed E-state index contributed by atoms with van der Waals surface area (Å²) in [5, 5.41) is 12.5. The quantitative estimate of drug-likeness (QED) is 0.775. The van der Waals surface area contributed by atoms with E-state index in [1.54, 1.807) is 23.1 Å². The van der Waals surface area contributed by atoms with Gasteiger partial charge in [-0.3, -0.25) is 0 Å². The van der Waals surface area contributed by atoms with Crippen molar-refractivity contribution in [2.45, 2.75) is 36.1 Å². The van der Waals surface area contributed by atoms with E-state index in [4.69, 9.17) is 4.74 Å². The summed E-state index contributed by atoms with van der Waals surface area (Å²) in [7, 11) is -2.77. The number of nitrogens with one attached hydrogen (secondary N) is 1. The fraction of sp³-hybridized carbons (Fsp3) is 0.846. The minimum absolute atomic E-state index is 0.296. The first-order valence-corrected chi connectivity index (χ1v) is 11.3. The van der Waals surface area contributed by atoms with Crippen LogP contribution in [0.3, 0.4) is 0 Å². The Hall–Kier alpha value is -0.380. The lowest BCUT2D eigenvalue weighted by Gasteiger charge is -2.20. The summed E-state index contributed by atoms with van der Waals surface area (Å²) >= 11 is 3.25. The van der Waals surface area contributed by atoms with Crippen molar-refractivity contribution in [1.82, 2.24) is 10.2 Å². The summed E-state index contributed by atoms with van der Waals surface area (Å²) in [5.74, 6) is 2.07. The molecule has 1 aromatic heterocycles. The van der Waals surface area contributed by atoms with Crippen molar-refractivity contribution in [1.29, 1.82) is 0 Å². The molecule has 22 heavy (non-hydrogen) atoms. The molecule has 2 fully saturated rings. The lowest BCUT2D eigenvalue weighted by molar-refractivity contribution is 0.120. The molecule has 1 N–H and O–H groups in total. The monoisotopic (exact) mass is 363 g/mol. The maximum absolute atomic E-state index is 11.4. The normalized spacial score (nSPS) is 25.4. The Morgan fingerprint density at radius 2 is 2.09 bits per heavy atom. The van der Waals surface area contributed by atoms with Gasteiger partial charge in [-0.05, 0) is 31.6 Å². The standard InChI is InChI=1S/C13H21N3O3S3/c17-22(18)6-3-10(4-7-22)9-20-13-16-15-12(21-13)14-8-11-2-1-5-19-11/h10-11H,1-9H2,(H,14,15)/t11-/m0/s1. The van der Waals surface area contributed by atoms with E-state index < -0.39 is 9.84 Å². The largest absolute Gasteiger partial charge is 0.376 e. The zero-order chi connectivity index (χ0) is 15.4. The van der Waals surface area contributed by atoms with Gasteiger partial charge < -0.3 is 10.1 Å². The highest BCUT2D eigenvalue weighted by Crippen LogP contribution is 2.30. The van der Waals surface area contributed by atoms with Crippen molar-refractivity contribution < 1.29 is 13.2 Å². The number of thioether (sulfide) groups is 1. The molecule has 0 aromatic carbocycles. The third-order valence-corrected chi connectivity index (χ3v) is 7.99. The number of aromatic nitrogens is 2. The van der Waals surface area contributed by atoms with Gasteiger partial charge in [-0.2, -0.15) is 0 Å². The summed E-state index contributed by atoms with van der Waals surface area (Å²) in [4.78, 5) is 0. The Morgan fingerprint density at radius 1 is 1.27 bits per heavy atom. The molecule has 0 unspecified atom stereocenters. The number of hydrogen-bond acceptors (Lipinski definition) is 8. The predicted octanol–water partition coefficient (Wildman–Crippen LogP) is 2.05. The minimum Gasteiger partial charge on any atom is -0.376 e. The predicted molar refractivity (Wildman–Crippen MR) is 89.5 cm³/mol. The van der Waals surface area contributed by atoms with E-state index in [9.17, 15) is 8.42 Å². The van der Waals surface area contributed by atoms with Gasteiger partial charge in [0.05, 0.1) is 17.6 Å². The smallest absolute Gasteiger partial charge is 0.206 e. The van der Waals surface area contributed by atoms with Gasteiger partial charge in [0.1, 0.15) is 9.84 Å². The van der Waals surface area contributed by atoms with Gasteiger partial charge in [0, 0.05) is 18.9 Å². The van der Waals surface area contributed by atoms with Crippen LogP contribution in [-0.2, 0) is 14.6 Å². The van der Waals surface area contributed by atoms with Gasteiger partial charge in [0.25, 0.3) is 0 Å². The zero-order valence-electron chi connectivity index (χ0n) is 12.4. The van der Waals surface area contributed by atoms with Crippen molar-refractivity contribution in [3.63, 3.8) is 0 Å². The van der Waals surface area contributed by atoms with Crippen LogP contribution in [0.25, 0.3) is 0 Å². The van der Waals surface area contributed by atoms with Crippen LogP contribution >= 0.6 is 23.1 Å². The number of anilines is 1. The lowest BCUT2D eigenvalue weighted by atomic mass is 10.1. The maximum atomic E-state index is 11.4. The second-order valence-corrected chi connectivity index (χ2v) is 10.3. The van der Waals surface area contributed by atoms with Gasteiger partial charge in [0.15, 0.2) is 4.34 Å². The molecule has 1 atom stereocenters. The van der Waals surface area contributed by atoms with Crippen LogP contribution in [0.4, 0.5) is 5.13 Å². The maximum Gasteiger partial charge on any atom is 0.206 e. The Balaban J connectivity index is 1.40. The molecule has 2 aliphatic rings. The summed E-state index contributed by atoms with van der Waals surface area (Å²) in [5.41, 5.74) is 0. The molecule has 0 saturated carbocycles. The number of nitrogens with zero attached hydrogens (tertiary/aromatic N) is 2. The molecule has 2 aliphatic heterocycles. The summed E-state index contributed by atoms with van der Waals surface area (Å²) in [6.45, 7) is 1.65. The molecule has 3 rings (SSSR count). The van der Waals surface area contributed by atoms with Crippen molar-refractivity contribution in [3.8, 4) is 0 Å². The van der Waals surface area contributed by atoms with Crippen LogP contribution in [0.1, 0.15) is 25.7 Å². The molecular weight excluding hydrogens is 342 g/mol. The molecule has 0 aliphatic carbocycles. The topological polar surface area (TPSA) is 81.2 Å². The molecule has 0 bridgehead atoms. The molecule has 2 saturated heterocycles. The highest BCUT2D eigenvalue weighted by molar-refractivity contribution is 8.01. The van der Waals surface area contributed by atoms with Crippen LogP contribution in [0.2, 0.25) is 0 Å². The third-order valence-electron chi connectivity index (χ3n) is 4.03. The second-order valence-electron chi connectivity index (χ2n) is 5.80. The average Bonchev–Trinajstić information content (AvgIpc) is 3.15. The first-order chi connectivity index (χ1) is 10.6. The van der Waals surface area contributed by atoms with E-state index in [0.29, 0.717) is 23.5 Å². The van der Waals surface area contributed by atoms with Crippen molar-refractivity contribution in [2.24, 2.45) is 5.92 Å². The molecule has 0 spiro atoms. The molecule has 1 aromatic rings. The molecule has 6 nitrogen and oxygen atoms in total. The number of rotatable bonds is 6.